The topological polar surface area (TPSA) is 48.4 Å². The van der Waals surface area contributed by atoms with Gasteiger partial charge in [-0.05, 0) is 24.3 Å². The Morgan fingerprint density at radius 3 is 2.45 bits per heavy atom. The summed E-state index contributed by atoms with van der Waals surface area (Å²) in [6.45, 7) is 0. The van der Waals surface area contributed by atoms with E-state index in [0.717, 1.165) is 25.3 Å². The molecular weight excluding hydrogens is 306 g/mol. The molecule has 1 aromatic heterocycles. The first-order valence-corrected chi connectivity index (χ1v) is 5.92. The van der Waals surface area contributed by atoms with Crippen molar-refractivity contribution >= 4 is 5.97 Å². The largest absolute Gasteiger partial charge is 0.573 e. The van der Waals surface area contributed by atoms with Crippen LogP contribution >= 0.6 is 0 Å². The van der Waals surface area contributed by atoms with Crippen LogP contribution in [0.5, 0.6) is 5.75 Å². The van der Waals surface area contributed by atoms with Crippen molar-refractivity contribution in [3.8, 4) is 17.0 Å². The molecule has 0 saturated carbocycles. The van der Waals surface area contributed by atoms with E-state index >= 15 is 0 Å². The lowest BCUT2D eigenvalue weighted by Gasteiger charge is -2.13. The number of methoxy groups -OCH3 is 1. The standard InChI is InChI=1S/C14H9F4NO3/c1-21-13(20)10-7-6-9(15)12(19-10)8-4-2-3-5-11(8)22-14(16,17)18/h2-7H,1H3. The van der Waals surface area contributed by atoms with Crippen LogP contribution in [0.1, 0.15) is 10.5 Å². The molecule has 0 bridgehead atoms. The zero-order valence-corrected chi connectivity index (χ0v) is 11.1. The Morgan fingerprint density at radius 1 is 1.14 bits per heavy atom. The lowest BCUT2D eigenvalue weighted by molar-refractivity contribution is -0.274. The Bertz CT molecular complexity index is 701. The Balaban J connectivity index is 2.54. The molecule has 2 rings (SSSR count). The van der Waals surface area contributed by atoms with Gasteiger partial charge in [0.2, 0.25) is 0 Å². The number of rotatable bonds is 3. The van der Waals surface area contributed by atoms with Gasteiger partial charge in [-0.3, -0.25) is 0 Å². The molecule has 1 heterocycles. The molecule has 116 valence electrons. The fraction of sp³-hybridized carbons (Fsp3) is 0.143. The minimum atomic E-state index is -4.94. The third-order valence-corrected chi connectivity index (χ3v) is 2.61. The van der Waals surface area contributed by atoms with E-state index in [-0.39, 0.29) is 11.3 Å². The number of pyridine rings is 1. The number of carbonyl (C=O) groups excluding carboxylic acids is 1. The summed E-state index contributed by atoms with van der Waals surface area (Å²) in [7, 11) is 1.10. The molecule has 1 aromatic carbocycles. The average Bonchev–Trinajstić information content (AvgIpc) is 2.46. The lowest BCUT2D eigenvalue weighted by Crippen LogP contribution is -2.17. The normalized spacial score (nSPS) is 11.1. The van der Waals surface area contributed by atoms with Crippen LogP contribution in [-0.2, 0) is 4.74 Å². The molecule has 2 aromatic rings. The van der Waals surface area contributed by atoms with E-state index in [4.69, 9.17) is 0 Å². The molecule has 0 radical (unpaired) electrons. The second kappa shape index (κ2) is 6.00. The maximum Gasteiger partial charge on any atom is 0.573 e. The summed E-state index contributed by atoms with van der Waals surface area (Å²) in [4.78, 5) is 15.1. The van der Waals surface area contributed by atoms with E-state index in [1.54, 1.807) is 0 Å². The second-order valence-electron chi connectivity index (χ2n) is 4.06. The Hall–Kier alpha value is -2.64. The Kier molecular flexibility index (Phi) is 4.30. The van der Waals surface area contributed by atoms with Crippen LogP contribution in [0.3, 0.4) is 0 Å². The summed E-state index contributed by atoms with van der Waals surface area (Å²) in [5.41, 5.74) is -0.911. The van der Waals surface area contributed by atoms with Crippen molar-refractivity contribution in [2.75, 3.05) is 7.11 Å². The molecule has 4 nitrogen and oxygen atoms in total. The fourth-order valence-electron chi connectivity index (χ4n) is 1.73. The van der Waals surface area contributed by atoms with Crippen LogP contribution < -0.4 is 4.74 Å². The summed E-state index contributed by atoms with van der Waals surface area (Å²) in [5, 5.41) is 0. The molecule has 0 saturated heterocycles. The zero-order valence-electron chi connectivity index (χ0n) is 11.1. The van der Waals surface area contributed by atoms with Gasteiger partial charge in [-0.2, -0.15) is 0 Å². The molecule has 8 heteroatoms. The third kappa shape index (κ3) is 3.51. The number of aromatic nitrogens is 1. The van der Waals surface area contributed by atoms with Crippen molar-refractivity contribution < 1.29 is 31.8 Å². The van der Waals surface area contributed by atoms with E-state index < -0.39 is 29.6 Å². The maximum atomic E-state index is 13.9. The van der Waals surface area contributed by atoms with Gasteiger partial charge in [0.25, 0.3) is 0 Å². The predicted octanol–water partition coefficient (Wildman–Crippen LogP) is 3.57. The van der Waals surface area contributed by atoms with E-state index in [0.29, 0.717) is 0 Å². The number of halogens is 4. The van der Waals surface area contributed by atoms with Crippen LogP contribution in [0, 0.1) is 5.82 Å². The minimum absolute atomic E-state index is 0.233. The predicted molar refractivity (Wildman–Crippen MR) is 67.7 cm³/mol. The summed E-state index contributed by atoms with van der Waals surface area (Å²) in [5.74, 6) is -2.36. The first-order valence-electron chi connectivity index (χ1n) is 5.92. The van der Waals surface area contributed by atoms with Crippen LogP contribution in [0.2, 0.25) is 0 Å². The van der Waals surface area contributed by atoms with Gasteiger partial charge in [0.15, 0.2) is 0 Å². The van der Waals surface area contributed by atoms with Crippen LogP contribution in [0.4, 0.5) is 17.6 Å². The highest BCUT2D eigenvalue weighted by molar-refractivity contribution is 5.88. The Morgan fingerprint density at radius 2 is 1.82 bits per heavy atom. The van der Waals surface area contributed by atoms with Crippen molar-refractivity contribution in [3.63, 3.8) is 0 Å². The molecule has 0 unspecified atom stereocenters. The molecular formula is C14H9F4NO3. The van der Waals surface area contributed by atoms with Gasteiger partial charge >= 0.3 is 12.3 Å². The monoisotopic (exact) mass is 315 g/mol. The Labute approximate surface area is 122 Å². The number of ether oxygens (including phenoxy) is 2. The first-order chi connectivity index (χ1) is 10.3. The van der Waals surface area contributed by atoms with Crippen molar-refractivity contribution in [2.45, 2.75) is 6.36 Å². The van der Waals surface area contributed by atoms with Gasteiger partial charge in [-0.15, -0.1) is 13.2 Å². The van der Waals surface area contributed by atoms with E-state index in [1.807, 2.05) is 0 Å². The summed E-state index contributed by atoms with van der Waals surface area (Å²) in [6, 6.07) is 6.90. The van der Waals surface area contributed by atoms with Gasteiger partial charge in [0.05, 0.1) is 7.11 Å². The molecule has 22 heavy (non-hydrogen) atoms. The fourth-order valence-corrected chi connectivity index (χ4v) is 1.73. The van der Waals surface area contributed by atoms with Crippen LogP contribution in [0.15, 0.2) is 36.4 Å². The van der Waals surface area contributed by atoms with E-state index in [2.05, 4.69) is 14.5 Å². The van der Waals surface area contributed by atoms with Gasteiger partial charge in [-0.25, -0.2) is 14.2 Å². The number of esters is 1. The highest BCUT2D eigenvalue weighted by Crippen LogP contribution is 2.34. The minimum Gasteiger partial charge on any atom is -0.464 e. The number of alkyl halides is 3. The maximum absolute atomic E-state index is 13.9. The molecule has 0 atom stereocenters. The number of hydrogen-bond donors (Lipinski definition) is 0. The molecule has 0 aliphatic rings. The number of nitrogens with zero attached hydrogens (tertiary/aromatic N) is 1. The molecule has 0 amide bonds. The second-order valence-corrected chi connectivity index (χ2v) is 4.06. The third-order valence-electron chi connectivity index (χ3n) is 2.61. The average molecular weight is 315 g/mol. The van der Waals surface area contributed by atoms with Gasteiger partial charge < -0.3 is 9.47 Å². The van der Waals surface area contributed by atoms with Gasteiger partial charge in [0.1, 0.15) is 23.0 Å². The van der Waals surface area contributed by atoms with Crippen molar-refractivity contribution in [1.29, 1.82) is 0 Å². The number of hydrogen-bond acceptors (Lipinski definition) is 4. The summed E-state index contributed by atoms with van der Waals surface area (Å²) >= 11 is 0. The quantitative estimate of drug-likeness (QED) is 0.642. The number of benzene rings is 1. The smallest absolute Gasteiger partial charge is 0.464 e. The molecule has 0 aliphatic heterocycles. The lowest BCUT2D eigenvalue weighted by atomic mass is 10.1. The van der Waals surface area contributed by atoms with Crippen LogP contribution in [0.25, 0.3) is 11.3 Å². The zero-order chi connectivity index (χ0) is 16.3. The number of para-hydroxylation sites is 1. The highest BCUT2D eigenvalue weighted by Gasteiger charge is 2.32. The van der Waals surface area contributed by atoms with E-state index in [9.17, 15) is 22.4 Å². The van der Waals surface area contributed by atoms with Crippen molar-refractivity contribution in [2.24, 2.45) is 0 Å². The molecule has 0 spiro atoms. The first kappa shape index (κ1) is 15.7. The molecule has 0 fully saturated rings. The van der Waals surface area contributed by atoms with Crippen molar-refractivity contribution in [1.82, 2.24) is 4.98 Å². The summed E-state index contributed by atoms with van der Waals surface area (Å²) in [6.07, 6.45) is -4.94. The molecule has 0 aliphatic carbocycles. The SMILES string of the molecule is COC(=O)c1ccc(F)c(-c2ccccc2OC(F)(F)F)n1. The highest BCUT2D eigenvalue weighted by atomic mass is 19.4. The number of carbonyl (C=O) groups is 1. The van der Waals surface area contributed by atoms with Gasteiger partial charge in [0, 0.05) is 5.56 Å². The van der Waals surface area contributed by atoms with Crippen molar-refractivity contribution in [3.05, 3.63) is 47.9 Å². The summed E-state index contributed by atoms with van der Waals surface area (Å²) < 4.78 is 59.3. The van der Waals surface area contributed by atoms with Gasteiger partial charge in [-0.1, -0.05) is 12.1 Å². The van der Waals surface area contributed by atoms with Crippen LogP contribution in [-0.4, -0.2) is 24.4 Å². The van der Waals surface area contributed by atoms with E-state index in [1.165, 1.54) is 18.2 Å². The molecule has 0 N–H and O–H groups in total.